The van der Waals surface area contributed by atoms with E-state index in [0.29, 0.717) is 17.7 Å². The number of rotatable bonds is 5. The Morgan fingerprint density at radius 2 is 2.20 bits per heavy atom. The standard InChI is InChI=1S/C11H16N2O2/c1-2-9(11(12)13)15-10-6-4-3-5-8(10)7-14/h3-6,9,14H,2,7H2,1H3,(H3,12,13). The van der Waals surface area contributed by atoms with Crippen LogP contribution in [0.3, 0.4) is 0 Å². The van der Waals surface area contributed by atoms with E-state index >= 15 is 0 Å². The normalized spacial score (nSPS) is 12.1. The van der Waals surface area contributed by atoms with Crippen molar-refractivity contribution in [1.82, 2.24) is 0 Å². The summed E-state index contributed by atoms with van der Waals surface area (Å²) in [6, 6.07) is 7.19. The van der Waals surface area contributed by atoms with Gasteiger partial charge in [-0.3, -0.25) is 5.41 Å². The van der Waals surface area contributed by atoms with Crippen LogP contribution in [0, 0.1) is 5.41 Å². The van der Waals surface area contributed by atoms with Crippen LogP contribution < -0.4 is 10.5 Å². The van der Waals surface area contributed by atoms with E-state index in [1.54, 1.807) is 12.1 Å². The second kappa shape index (κ2) is 5.36. The van der Waals surface area contributed by atoms with Crippen molar-refractivity contribution in [3.63, 3.8) is 0 Å². The van der Waals surface area contributed by atoms with Gasteiger partial charge in [-0.1, -0.05) is 25.1 Å². The lowest BCUT2D eigenvalue weighted by atomic mass is 10.2. The average molecular weight is 208 g/mol. The highest BCUT2D eigenvalue weighted by Crippen LogP contribution is 2.19. The van der Waals surface area contributed by atoms with Crippen LogP contribution in [0.1, 0.15) is 18.9 Å². The molecule has 82 valence electrons. The van der Waals surface area contributed by atoms with Gasteiger partial charge in [-0.25, -0.2) is 0 Å². The fraction of sp³-hybridized carbons (Fsp3) is 0.364. The molecule has 4 N–H and O–H groups in total. The molecule has 0 spiro atoms. The molecule has 1 unspecified atom stereocenters. The van der Waals surface area contributed by atoms with Crippen molar-refractivity contribution in [2.45, 2.75) is 26.1 Å². The highest BCUT2D eigenvalue weighted by Gasteiger charge is 2.12. The molecule has 0 saturated heterocycles. The predicted octanol–water partition coefficient (Wildman–Crippen LogP) is 1.27. The van der Waals surface area contributed by atoms with Crippen LogP contribution in [0.25, 0.3) is 0 Å². The van der Waals surface area contributed by atoms with E-state index in [1.807, 2.05) is 19.1 Å². The van der Waals surface area contributed by atoms with Crippen molar-refractivity contribution in [2.24, 2.45) is 5.73 Å². The number of amidine groups is 1. The van der Waals surface area contributed by atoms with Gasteiger partial charge in [-0.05, 0) is 12.5 Å². The molecule has 1 aromatic rings. The summed E-state index contributed by atoms with van der Waals surface area (Å²) < 4.78 is 5.54. The van der Waals surface area contributed by atoms with Gasteiger partial charge in [0.2, 0.25) is 0 Å². The van der Waals surface area contributed by atoms with E-state index in [9.17, 15) is 0 Å². The van der Waals surface area contributed by atoms with Crippen LogP contribution in [0.5, 0.6) is 5.75 Å². The highest BCUT2D eigenvalue weighted by atomic mass is 16.5. The van der Waals surface area contributed by atoms with Crippen LogP contribution in [0.15, 0.2) is 24.3 Å². The third kappa shape index (κ3) is 2.95. The van der Waals surface area contributed by atoms with Crippen molar-refractivity contribution < 1.29 is 9.84 Å². The highest BCUT2D eigenvalue weighted by molar-refractivity contribution is 5.82. The Morgan fingerprint density at radius 1 is 1.53 bits per heavy atom. The smallest absolute Gasteiger partial charge is 0.155 e. The van der Waals surface area contributed by atoms with E-state index < -0.39 is 6.10 Å². The third-order valence-electron chi connectivity index (χ3n) is 2.13. The van der Waals surface area contributed by atoms with E-state index in [1.165, 1.54) is 0 Å². The summed E-state index contributed by atoms with van der Waals surface area (Å²) in [7, 11) is 0. The number of benzene rings is 1. The number of hydrogen-bond acceptors (Lipinski definition) is 3. The molecule has 0 fully saturated rings. The molecule has 0 heterocycles. The van der Waals surface area contributed by atoms with Gasteiger partial charge in [-0.2, -0.15) is 0 Å². The number of aliphatic hydroxyl groups is 1. The van der Waals surface area contributed by atoms with Gasteiger partial charge in [0.25, 0.3) is 0 Å². The second-order valence-corrected chi connectivity index (χ2v) is 3.24. The zero-order valence-corrected chi connectivity index (χ0v) is 8.73. The Bertz CT molecular complexity index is 339. The topological polar surface area (TPSA) is 79.3 Å². The lowest BCUT2D eigenvalue weighted by Crippen LogP contribution is -2.32. The third-order valence-corrected chi connectivity index (χ3v) is 2.13. The van der Waals surface area contributed by atoms with Crippen LogP contribution in [0.2, 0.25) is 0 Å². The second-order valence-electron chi connectivity index (χ2n) is 3.24. The van der Waals surface area contributed by atoms with E-state index in [0.717, 1.165) is 0 Å². The molecular weight excluding hydrogens is 192 g/mol. The maximum atomic E-state index is 9.08. The summed E-state index contributed by atoms with van der Waals surface area (Å²) >= 11 is 0. The monoisotopic (exact) mass is 208 g/mol. The predicted molar refractivity (Wildman–Crippen MR) is 59.0 cm³/mol. The van der Waals surface area contributed by atoms with E-state index in [2.05, 4.69) is 0 Å². The molecule has 4 nitrogen and oxygen atoms in total. The van der Waals surface area contributed by atoms with Gasteiger partial charge < -0.3 is 15.6 Å². The van der Waals surface area contributed by atoms with Gasteiger partial charge in [0.15, 0.2) is 6.10 Å². The lowest BCUT2D eigenvalue weighted by molar-refractivity contribution is 0.238. The van der Waals surface area contributed by atoms with Crippen molar-refractivity contribution >= 4 is 5.84 Å². The Balaban J connectivity index is 2.82. The molecule has 0 aromatic heterocycles. The Morgan fingerprint density at radius 3 is 2.73 bits per heavy atom. The number of nitrogens with two attached hydrogens (primary N) is 1. The Hall–Kier alpha value is -1.55. The maximum absolute atomic E-state index is 9.08. The van der Waals surface area contributed by atoms with Gasteiger partial charge in [0, 0.05) is 5.56 Å². The number of aliphatic hydroxyl groups excluding tert-OH is 1. The molecule has 1 aromatic carbocycles. The lowest BCUT2D eigenvalue weighted by Gasteiger charge is -2.17. The van der Waals surface area contributed by atoms with E-state index in [-0.39, 0.29) is 12.4 Å². The van der Waals surface area contributed by atoms with Crippen molar-refractivity contribution in [3.8, 4) is 5.75 Å². The summed E-state index contributed by atoms with van der Waals surface area (Å²) in [5.41, 5.74) is 6.09. The summed E-state index contributed by atoms with van der Waals surface area (Å²) in [6.45, 7) is 1.82. The Kier molecular flexibility index (Phi) is 4.12. The zero-order valence-electron chi connectivity index (χ0n) is 8.73. The quantitative estimate of drug-likeness (QED) is 0.503. The fourth-order valence-corrected chi connectivity index (χ4v) is 1.27. The van der Waals surface area contributed by atoms with Crippen LogP contribution in [-0.2, 0) is 6.61 Å². The van der Waals surface area contributed by atoms with E-state index in [4.69, 9.17) is 21.0 Å². The van der Waals surface area contributed by atoms with Crippen LogP contribution >= 0.6 is 0 Å². The van der Waals surface area contributed by atoms with Crippen LogP contribution in [0.4, 0.5) is 0 Å². The minimum absolute atomic E-state index is 0.00485. The van der Waals surface area contributed by atoms with Gasteiger partial charge in [0.1, 0.15) is 11.6 Å². The average Bonchev–Trinajstić information content (AvgIpc) is 2.25. The molecule has 1 atom stereocenters. The first-order chi connectivity index (χ1) is 7.19. The Labute approximate surface area is 89.2 Å². The summed E-state index contributed by atoms with van der Waals surface area (Å²) in [4.78, 5) is 0. The first-order valence-corrected chi connectivity index (χ1v) is 4.88. The number of ether oxygens (including phenoxy) is 1. The van der Waals surface area contributed by atoms with Crippen LogP contribution in [-0.4, -0.2) is 17.0 Å². The van der Waals surface area contributed by atoms with Gasteiger partial charge in [0.05, 0.1) is 6.61 Å². The molecule has 0 amide bonds. The molecule has 0 aliphatic rings. The number of nitrogens with one attached hydrogen (secondary N) is 1. The molecular formula is C11H16N2O2. The molecule has 0 bridgehead atoms. The minimum atomic E-state index is -0.419. The largest absolute Gasteiger partial charge is 0.482 e. The minimum Gasteiger partial charge on any atom is -0.482 e. The molecule has 4 heteroatoms. The summed E-state index contributed by atoms with van der Waals surface area (Å²) in [6.07, 6.45) is 0.215. The molecule has 0 aliphatic carbocycles. The maximum Gasteiger partial charge on any atom is 0.155 e. The van der Waals surface area contributed by atoms with Gasteiger partial charge >= 0.3 is 0 Å². The van der Waals surface area contributed by atoms with Crippen molar-refractivity contribution in [2.75, 3.05) is 0 Å². The molecule has 1 rings (SSSR count). The number of para-hydroxylation sites is 1. The van der Waals surface area contributed by atoms with Crippen molar-refractivity contribution in [1.29, 1.82) is 5.41 Å². The molecule has 0 radical (unpaired) electrons. The fourth-order valence-electron chi connectivity index (χ4n) is 1.27. The zero-order chi connectivity index (χ0) is 11.3. The molecule has 0 saturated carbocycles. The number of hydrogen-bond donors (Lipinski definition) is 3. The SMILES string of the molecule is CCC(Oc1ccccc1CO)C(=N)N. The summed E-state index contributed by atoms with van der Waals surface area (Å²) in [5.74, 6) is 0.590. The first kappa shape index (κ1) is 11.5. The molecule has 15 heavy (non-hydrogen) atoms. The first-order valence-electron chi connectivity index (χ1n) is 4.88. The molecule has 0 aliphatic heterocycles. The summed E-state index contributed by atoms with van der Waals surface area (Å²) in [5, 5.41) is 16.4. The van der Waals surface area contributed by atoms with Gasteiger partial charge in [-0.15, -0.1) is 0 Å². The van der Waals surface area contributed by atoms with Crippen molar-refractivity contribution in [3.05, 3.63) is 29.8 Å².